The van der Waals surface area contributed by atoms with Gasteiger partial charge in [-0.3, -0.25) is 0 Å². The molecule has 0 aliphatic rings. The molecule has 1 atom stereocenters. The topological polar surface area (TPSA) is 4.44 Å². The maximum atomic E-state index is 2.34. The Bertz CT molecular complexity index is 67.1. The van der Waals surface area contributed by atoms with Gasteiger partial charge in [-0.15, -0.1) is 0 Å². The smallest absolute Gasteiger partial charge is 0.0796 e. The maximum absolute atomic E-state index is 2.34. The second kappa shape index (κ2) is 5.72. The average molecular weight is 144 g/mol. The summed E-state index contributed by atoms with van der Waals surface area (Å²) in [4.78, 5) is 1.73. The van der Waals surface area contributed by atoms with Crippen molar-refractivity contribution in [3.05, 3.63) is 0 Å². The minimum Gasteiger partial charge on any atom is -0.335 e. The van der Waals surface area contributed by atoms with Crippen LogP contribution in [0.3, 0.4) is 0 Å². The van der Waals surface area contributed by atoms with E-state index in [1.54, 1.807) is 4.90 Å². The van der Waals surface area contributed by atoms with Crippen molar-refractivity contribution in [3.8, 4) is 0 Å². The first kappa shape index (κ1) is 9.96. The Balaban J connectivity index is 3.41. The lowest BCUT2D eigenvalue weighted by molar-refractivity contribution is -0.899. The van der Waals surface area contributed by atoms with Crippen molar-refractivity contribution < 1.29 is 4.90 Å². The first-order valence-electron chi connectivity index (χ1n) is 4.58. The molecular formula is C9H22N+. The molecule has 0 saturated heterocycles. The van der Waals surface area contributed by atoms with Crippen molar-refractivity contribution in [3.63, 3.8) is 0 Å². The number of nitrogens with one attached hydrogen (secondary N) is 1. The fourth-order valence-corrected chi connectivity index (χ4v) is 1.18. The van der Waals surface area contributed by atoms with Crippen molar-refractivity contribution >= 4 is 0 Å². The van der Waals surface area contributed by atoms with Gasteiger partial charge in [0.2, 0.25) is 0 Å². The Hall–Kier alpha value is -0.0400. The molecule has 0 aromatic carbocycles. The zero-order valence-electron chi connectivity index (χ0n) is 7.91. The molecular weight excluding hydrogens is 122 g/mol. The van der Waals surface area contributed by atoms with Crippen molar-refractivity contribution in [2.75, 3.05) is 19.6 Å². The van der Waals surface area contributed by atoms with E-state index < -0.39 is 0 Å². The summed E-state index contributed by atoms with van der Waals surface area (Å²) in [6.07, 6.45) is 1.32. The molecule has 1 nitrogen and oxygen atoms in total. The van der Waals surface area contributed by atoms with Gasteiger partial charge in [-0.05, 0) is 20.3 Å². The maximum Gasteiger partial charge on any atom is 0.0796 e. The van der Waals surface area contributed by atoms with E-state index in [4.69, 9.17) is 0 Å². The Morgan fingerprint density at radius 3 is 1.90 bits per heavy atom. The molecule has 0 fully saturated rings. The van der Waals surface area contributed by atoms with E-state index in [2.05, 4.69) is 27.7 Å². The van der Waals surface area contributed by atoms with Gasteiger partial charge in [-0.2, -0.15) is 0 Å². The molecule has 0 radical (unpaired) electrons. The number of quaternary nitrogens is 1. The molecule has 0 aliphatic carbocycles. The third-order valence-electron chi connectivity index (χ3n) is 2.33. The van der Waals surface area contributed by atoms with Gasteiger partial charge < -0.3 is 4.90 Å². The molecule has 0 amide bonds. The van der Waals surface area contributed by atoms with E-state index in [-0.39, 0.29) is 0 Å². The second-order valence-electron chi connectivity index (χ2n) is 3.17. The molecule has 0 heterocycles. The van der Waals surface area contributed by atoms with Crippen molar-refractivity contribution in [1.29, 1.82) is 0 Å². The first-order valence-corrected chi connectivity index (χ1v) is 4.58. The highest BCUT2D eigenvalue weighted by molar-refractivity contribution is 4.43. The van der Waals surface area contributed by atoms with Crippen LogP contribution >= 0.6 is 0 Å². The van der Waals surface area contributed by atoms with Crippen LogP contribution in [0.25, 0.3) is 0 Å². The summed E-state index contributed by atoms with van der Waals surface area (Å²) >= 11 is 0. The fraction of sp³-hybridized carbons (Fsp3) is 1.00. The van der Waals surface area contributed by atoms with E-state index in [0.717, 1.165) is 5.92 Å². The van der Waals surface area contributed by atoms with E-state index >= 15 is 0 Å². The molecule has 0 rings (SSSR count). The number of hydrogen-bond acceptors (Lipinski definition) is 0. The second-order valence-corrected chi connectivity index (χ2v) is 3.17. The largest absolute Gasteiger partial charge is 0.335 e. The van der Waals surface area contributed by atoms with Crippen LogP contribution in [-0.2, 0) is 0 Å². The van der Waals surface area contributed by atoms with E-state index in [0.29, 0.717) is 0 Å². The third kappa shape index (κ3) is 3.89. The SMILES string of the molecule is CCC(C)C[NH+](CC)CC. The van der Waals surface area contributed by atoms with Crippen LogP contribution in [0.5, 0.6) is 0 Å². The summed E-state index contributed by atoms with van der Waals surface area (Å²) in [7, 11) is 0. The van der Waals surface area contributed by atoms with E-state index in [1.165, 1.54) is 26.1 Å². The molecule has 0 aromatic rings. The quantitative estimate of drug-likeness (QED) is 0.586. The van der Waals surface area contributed by atoms with E-state index in [9.17, 15) is 0 Å². The van der Waals surface area contributed by atoms with Crippen LogP contribution in [0.1, 0.15) is 34.1 Å². The van der Waals surface area contributed by atoms with Crippen molar-refractivity contribution in [2.24, 2.45) is 5.92 Å². The Kier molecular flexibility index (Phi) is 5.70. The Morgan fingerprint density at radius 2 is 1.60 bits per heavy atom. The van der Waals surface area contributed by atoms with Gasteiger partial charge in [0.1, 0.15) is 0 Å². The normalized spacial score (nSPS) is 14.1. The standard InChI is InChI=1S/C9H21N/c1-5-9(4)8-10(6-2)7-3/h9H,5-8H2,1-4H3/p+1. The van der Waals surface area contributed by atoms with Gasteiger partial charge in [0.15, 0.2) is 0 Å². The molecule has 0 aliphatic heterocycles. The van der Waals surface area contributed by atoms with Crippen LogP contribution < -0.4 is 4.90 Å². The van der Waals surface area contributed by atoms with E-state index in [1.807, 2.05) is 0 Å². The summed E-state index contributed by atoms with van der Waals surface area (Å²) in [5.41, 5.74) is 0. The molecule has 1 unspecified atom stereocenters. The molecule has 0 aromatic heterocycles. The van der Waals surface area contributed by atoms with Crippen LogP contribution in [0, 0.1) is 5.92 Å². The lowest BCUT2D eigenvalue weighted by Gasteiger charge is -2.18. The summed E-state index contributed by atoms with van der Waals surface area (Å²) < 4.78 is 0. The highest BCUT2D eigenvalue weighted by Gasteiger charge is 2.06. The minimum atomic E-state index is 0.898. The minimum absolute atomic E-state index is 0.898. The summed E-state index contributed by atoms with van der Waals surface area (Å²) in [6, 6.07) is 0. The zero-order chi connectivity index (χ0) is 7.98. The molecule has 0 saturated carbocycles. The Morgan fingerprint density at radius 1 is 1.10 bits per heavy atom. The third-order valence-corrected chi connectivity index (χ3v) is 2.33. The van der Waals surface area contributed by atoms with Gasteiger partial charge in [0, 0.05) is 5.92 Å². The lowest BCUT2D eigenvalue weighted by Crippen LogP contribution is -3.12. The molecule has 1 heteroatoms. The Labute approximate surface area is 65.4 Å². The molecule has 10 heavy (non-hydrogen) atoms. The zero-order valence-corrected chi connectivity index (χ0v) is 7.91. The van der Waals surface area contributed by atoms with Crippen LogP contribution in [0.2, 0.25) is 0 Å². The van der Waals surface area contributed by atoms with Gasteiger partial charge in [0.25, 0.3) is 0 Å². The predicted molar refractivity (Wildman–Crippen MR) is 46.4 cm³/mol. The first-order chi connectivity index (χ1) is 4.74. The number of hydrogen-bond donors (Lipinski definition) is 1. The van der Waals surface area contributed by atoms with Gasteiger partial charge >= 0.3 is 0 Å². The number of rotatable bonds is 5. The molecule has 1 N–H and O–H groups in total. The monoisotopic (exact) mass is 144 g/mol. The summed E-state index contributed by atoms with van der Waals surface area (Å²) in [6.45, 7) is 13.0. The fourth-order valence-electron chi connectivity index (χ4n) is 1.18. The van der Waals surface area contributed by atoms with Crippen molar-refractivity contribution in [1.82, 2.24) is 0 Å². The van der Waals surface area contributed by atoms with Gasteiger partial charge in [0.05, 0.1) is 19.6 Å². The molecule has 0 bridgehead atoms. The van der Waals surface area contributed by atoms with Gasteiger partial charge in [-0.1, -0.05) is 13.8 Å². The predicted octanol–water partition coefficient (Wildman–Crippen LogP) is 0.957. The molecule has 0 spiro atoms. The molecule has 62 valence electrons. The lowest BCUT2D eigenvalue weighted by atomic mass is 10.1. The average Bonchev–Trinajstić information content (AvgIpc) is 1.99. The van der Waals surface area contributed by atoms with Crippen LogP contribution in [0.15, 0.2) is 0 Å². The van der Waals surface area contributed by atoms with Crippen LogP contribution in [0.4, 0.5) is 0 Å². The van der Waals surface area contributed by atoms with Crippen molar-refractivity contribution in [2.45, 2.75) is 34.1 Å². The summed E-state index contributed by atoms with van der Waals surface area (Å²) in [5, 5.41) is 0. The highest BCUT2D eigenvalue weighted by Crippen LogP contribution is 1.94. The summed E-state index contributed by atoms with van der Waals surface area (Å²) in [5.74, 6) is 0.898. The highest BCUT2D eigenvalue weighted by atomic mass is 15.1. The van der Waals surface area contributed by atoms with Gasteiger partial charge in [-0.25, -0.2) is 0 Å². The van der Waals surface area contributed by atoms with Crippen LogP contribution in [-0.4, -0.2) is 19.6 Å².